The summed E-state index contributed by atoms with van der Waals surface area (Å²) < 4.78 is 1.77. The molecule has 1 unspecified atom stereocenters. The predicted molar refractivity (Wildman–Crippen MR) is 48.9 cm³/mol. The van der Waals surface area contributed by atoms with Crippen LogP contribution in [0.3, 0.4) is 0 Å². The summed E-state index contributed by atoms with van der Waals surface area (Å²) in [4.78, 5) is 10.9. The van der Waals surface area contributed by atoms with E-state index >= 15 is 0 Å². The summed E-state index contributed by atoms with van der Waals surface area (Å²) >= 11 is 0. The Morgan fingerprint density at radius 1 is 1.77 bits per heavy atom. The number of nitrogens with one attached hydrogen (secondary N) is 1. The first kappa shape index (κ1) is 9.73. The number of rotatable bonds is 4. The van der Waals surface area contributed by atoms with Crippen molar-refractivity contribution in [2.24, 2.45) is 5.73 Å². The average molecular weight is 182 g/mol. The molecule has 1 heterocycles. The van der Waals surface area contributed by atoms with Crippen LogP contribution in [0.25, 0.3) is 0 Å². The van der Waals surface area contributed by atoms with Crippen molar-refractivity contribution in [1.29, 1.82) is 0 Å². The molecule has 0 aliphatic heterocycles. The van der Waals surface area contributed by atoms with E-state index in [9.17, 15) is 4.79 Å². The van der Waals surface area contributed by atoms with Crippen LogP contribution in [0.15, 0.2) is 18.5 Å². The molecule has 3 N–H and O–H groups in total. The lowest BCUT2D eigenvalue weighted by molar-refractivity contribution is -0.120. The van der Waals surface area contributed by atoms with Crippen LogP contribution in [0.1, 0.15) is 6.92 Å². The zero-order valence-electron chi connectivity index (χ0n) is 7.60. The monoisotopic (exact) mass is 182 g/mol. The third kappa shape index (κ3) is 3.25. The first-order valence-corrected chi connectivity index (χ1v) is 4.19. The zero-order valence-corrected chi connectivity index (χ0v) is 7.60. The van der Waals surface area contributed by atoms with Crippen molar-refractivity contribution in [3.05, 3.63) is 18.5 Å². The molecule has 1 atom stereocenters. The number of carbonyl (C=O) groups excluding carboxylic acids is 1. The highest BCUT2D eigenvalue weighted by Gasteiger charge is 2.05. The lowest BCUT2D eigenvalue weighted by Gasteiger charge is -2.12. The van der Waals surface area contributed by atoms with Gasteiger partial charge in [-0.05, 0) is 13.0 Å². The van der Waals surface area contributed by atoms with Gasteiger partial charge in [-0.3, -0.25) is 9.48 Å². The summed E-state index contributed by atoms with van der Waals surface area (Å²) in [6.45, 7) is 2.61. The van der Waals surface area contributed by atoms with E-state index in [2.05, 4.69) is 10.4 Å². The predicted octanol–water partition coefficient (Wildman–Crippen LogP) is -0.653. The molecule has 0 saturated heterocycles. The van der Waals surface area contributed by atoms with Gasteiger partial charge in [-0.25, -0.2) is 0 Å². The minimum Gasteiger partial charge on any atom is -0.351 e. The van der Waals surface area contributed by atoms with E-state index in [0.717, 1.165) is 0 Å². The van der Waals surface area contributed by atoms with Gasteiger partial charge in [-0.1, -0.05) is 0 Å². The SMILES string of the molecule is CC(Cn1cccn1)NC(=O)CN. The quantitative estimate of drug-likeness (QED) is 0.649. The molecule has 0 radical (unpaired) electrons. The Morgan fingerprint density at radius 2 is 2.54 bits per heavy atom. The van der Waals surface area contributed by atoms with E-state index < -0.39 is 0 Å². The van der Waals surface area contributed by atoms with Gasteiger partial charge in [0.1, 0.15) is 0 Å². The molecule has 13 heavy (non-hydrogen) atoms. The van der Waals surface area contributed by atoms with Crippen molar-refractivity contribution in [3.8, 4) is 0 Å². The highest BCUT2D eigenvalue weighted by atomic mass is 16.1. The Kier molecular flexibility index (Phi) is 3.45. The highest BCUT2D eigenvalue weighted by Crippen LogP contribution is 1.89. The maximum atomic E-state index is 10.9. The van der Waals surface area contributed by atoms with E-state index in [1.807, 2.05) is 19.2 Å². The Labute approximate surface area is 76.9 Å². The fraction of sp³-hybridized carbons (Fsp3) is 0.500. The number of aromatic nitrogens is 2. The molecule has 0 aromatic carbocycles. The molecule has 72 valence electrons. The summed E-state index contributed by atoms with van der Waals surface area (Å²) in [5, 5.41) is 6.77. The summed E-state index contributed by atoms with van der Waals surface area (Å²) in [5.74, 6) is -0.139. The molecule has 0 fully saturated rings. The smallest absolute Gasteiger partial charge is 0.234 e. The normalized spacial score (nSPS) is 12.5. The Morgan fingerprint density at radius 3 is 3.08 bits per heavy atom. The molecular weight excluding hydrogens is 168 g/mol. The molecule has 0 aliphatic rings. The van der Waals surface area contributed by atoms with Gasteiger partial charge < -0.3 is 11.1 Å². The second-order valence-corrected chi connectivity index (χ2v) is 2.90. The van der Waals surface area contributed by atoms with Gasteiger partial charge >= 0.3 is 0 Å². The second kappa shape index (κ2) is 4.61. The molecule has 1 amide bonds. The fourth-order valence-electron chi connectivity index (χ4n) is 1.07. The lowest BCUT2D eigenvalue weighted by Crippen LogP contribution is -2.39. The number of amides is 1. The molecule has 0 saturated carbocycles. The number of hydrogen-bond acceptors (Lipinski definition) is 3. The van der Waals surface area contributed by atoms with Gasteiger partial charge in [0, 0.05) is 18.4 Å². The standard InChI is InChI=1S/C8H14N4O/c1-7(11-8(13)5-9)6-12-4-2-3-10-12/h2-4,7H,5-6,9H2,1H3,(H,11,13). The molecule has 1 aromatic rings. The van der Waals surface area contributed by atoms with E-state index in [0.29, 0.717) is 6.54 Å². The van der Waals surface area contributed by atoms with Gasteiger partial charge in [0.2, 0.25) is 5.91 Å². The number of carbonyl (C=O) groups is 1. The molecule has 0 bridgehead atoms. The summed E-state index contributed by atoms with van der Waals surface area (Å²) in [6, 6.07) is 1.90. The molecular formula is C8H14N4O. The van der Waals surface area contributed by atoms with Crippen LogP contribution in [-0.4, -0.2) is 28.3 Å². The summed E-state index contributed by atoms with van der Waals surface area (Å²) in [5.41, 5.74) is 5.16. The summed E-state index contributed by atoms with van der Waals surface area (Å²) in [7, 11) is 0. The molecule has 0 spiro atoms. The van der Waals surface area contributed by atoms with Gasteiger partial charge in [0.25, 0.3) is 0 Å². The minimum absolute atomic E-state index is 0.0312. The van der Waals surface area contributed by atoms with Gasteiger partial charge in [-0.15, -0.1) is 0 Å². The van der Waals surface area contributed by atoms with Crippen molar-refractivity contribution in [1.82, 2.24) is 15.1 Å². The number of nitrogens with zero attached hydrogens (tertiary/aromatic N) is 2. The van der Waals surface area contributed by atoms with Gasteiger partial charge in [0.15, 0.2) is 0 Å². The van der Waals surface area contributed by atoms with Crippen molar-refractivity contribution >= 4 is 5.91 Å². The first-order chi connectivity index (χ1) is 6.22. The third-order valence-electron chi connectivity index (χ3n) is 1.61. The Balaban J connectivity index is 2.33. The van der Waals surface area contributed by atoms with E-state index in [-0.39, 0.29) is 18.5 Å². The Bertz CT molecular complexity index is 257. The second-order valence-electron chi connectivity index (χ2n) is 2.90. The maximum Gasteiger partial charge on any atom is 0.234 e. The van der Waals surface area contributed by atoms with Crippen molar-refractivity contribution in [3.63, 3.8) is 0 Å². The molecule has 0 aliphatic carbocycles. The van der Waals surface area contributed by atoms with E-state index in [1.165, 1.54) is 0 Å². The third-order valence-corrected chi connectivity index (χ3v) is 1.61. The first-order valence-electron chi connectivity index (χ1n) is 4.19. The van der Waals surface area contributed by atoms with Gasteiger partial charge in [-0.2, -0.15) is 5.10 Å². The molecule has 5 heteroatoms. The van der Waals surface area contributed by atoms with Crippen LogP contribution in [0.5, 0.6) is 0 Å². The van der Waals surface area contributed by atoms with E-state index in [1.54, 1.807) is 10.9 Å². The molecule has 1 rings (SSSR count). The molecule has 1 aromatic heterocycles. The fourth-order valence-corrected chi connectivity index (χ4v) is 1.07. The van der Waals surface area contributed by atoms with Crippen LogP contribution in [0, 0.1) is 0 Å². The number of nitrogens with two attached hydrogens (primary N) is 1. The largest absolute Gasteiger partial charge is 0.351 e. The minimum atomic E-state index is -0.139. The van der Waals surface area contributed by atoms with Crippen molar-refractivity contribution < 1.29 is 4.79 Å². The average Bonchev–Trinajstić information content (AvgIpc) is 2.56. The van der Waals surface area contributed by atoms with Crippen LogP contribution < -0.4 is 11.1 Å². The van der Waals surface area contributed by atoms with Crippen molar-refractivity contribution in [2.45, 2.75) is 19.5 Å². The van der Waals surface area contributed by atoms with Crippen LogP contribution in [0.2, 0.25) is 0 Å². The molecule has 5 nitrogen and oxygen atoms in total. The van der Waals surface area contributed by atoms with Crippen LogP contribution in [-0.2, 0) is 11.3 Å². The maximum absolute atomic E-state index is 10.9. The lowest BCUT2D eigenvalue weighted by atomic mass is 10.3. The van der Waals surface area contributed by atoms with Crippen molar-refractivity contribution in [2.75, 3.05) is 6.54 Å². The number of hydrogen-bond donors (Lipinski definition) is 2. The highest BCUT2D eigenvalue weighted by molar-refractivity contribution is 5.77. The zero-order chi connectivity index (χ0) is 9.68. The topological polar surface area (TPSA) is 72.9 Å². The van der Waals surface area contributed by atoms with Gasteiger partial charge in [0.05, 0.1) is 13.1 Å². The Hall–Kier alpha value is -1.36. The summed E-state index contributed by atoms with van der Waals surface area (Å²) in [6.07, 6.45) is 3.56. The van der Waals surface area contributed by atoms with Crippen LogP contribution in [0.4, 0.5) is 0 Å². The van der Waals surface area contributed by atoms with Crippen LogP contribution >= 0.6 is 0 Å². The van der Waals surface area contributed by atoms with E-state index in [4.69, 9.17) is 5.73 Å².